The third kappa shape index (κ3) is 17.3. The molecular formula is C60H78Cl2IN13O4. The number of carbonyl (C=O) groups is 2. The predicted octanol–water partition coefficient (Wildman–Crippen LogP) is 12.5. The maximum absolute atomic E-state index is 12.5. The van der Waals surface area contributed by atoms with Crippen LogP contribution in [0.3, 0.4) is 0 Å². The van der Waals surface area contributed by atoms with Gasteiger partial charge >= 0.3 is 12.1 Å². The van der Waals surface area contributed by atoms with Gasteiger partial charge in [-0.25, -0.2) is 4.79 Å². The molecule has 0 unspecified atom stereocenters. The number of likely N-dealkylation sites (N-methyl/N-ethyl adjacent to an activating group) is 1. The van der Waals surface area contributed by atoms with E-state index in [2.05, 4.69) is 113 Å². The van der Waals surface area contributed by atoms with Crippen LogP contribution in [-0.4, -0.2) is 115 Å². The van der Waals surface area contributed by atoms with Crippen molar-refractivity contribution < 1.29 is 19.1 Å². The topological polar surface area (TPSA) is 214 Å². The van der Waals surface area contributed by atoms with Gasteiger partial charge in [0, 0.05) is 83.5 Å². The highest BCUT2D eigenvalue weighted by Gasteiger charge is 2.34. The van der Waals surface area contributed by atoms with Gasteiger partial charge in [0.1, 0.15) is 62.5 Å². The van der Waals surface area contributed by atoms with Gasteiger partial charge in [0.25, 0.3) is 0 Å². The van der Waals surface area contributed by atoms with Crippen LogP contribution in [-0.2, 0) is 14.3 Å². The number of aromatic nitrogens is 6. The number of benzene rings is 3. The van der Waals surface area contributed by atoms with Crippen molar-refractivity contribution in [2.24, 2.45) is 29.6 Å². The van der Waals surface area contributed by atoms with Crippen molar-refractivity contribution in [1.29, 1.82) is 15.8 Å². The highest BCUT2D eigenvalue weighted by atomic mass is 127. The maximum atomic E-state index is 12.5. The maximum Gasteiger partial charge on any atom is 0.410 e. The SMILES string of the molecule is CC[C@@H]1C[C@H](C)CN(c2ccc(C#N)c3nccnc23)C1.CI.C[C@H]1C[C@@H](CC(=O)OC(C)(C)C)CN(c2ccc(C#N)c3nccnc23)C1.C[C@H]1C[C@@H](N(C)C(=O)OC(C)(C)C)CN(c2ccc(C#N)c3nccnc23)C1.Cl.Cl. The Hall–Kier alpha value is -6.40. The number of nitriles is 3. The lowest BCUT2D eigenvalue weighted by Gasteiger charge is -2.42. The summed E-state index contributed by atoms with van der Waals surface area (Å²) in [5.74, 6) is 2.35. The van der Waals surface area contributed by atoms with Crippen LogP contribution in [0.15, 0.2) is 73.6 Å². The molecule has 6 heterocycles. The van der Waals surface area contributed by atoms with Gasteiger partial charge in [-0.1, -0.05) is 56.7 Å². The summed E-state index contributed by atoms with van der Waals surface area (Å²) < 4.78 is 11.0. The van der Waals surface area contributed by atoms with Crippen LogP contribution in [0.5, 0.6) is 0 Å². The normalized spacial score (nSPS) is 19.8. The van der Waals surface area contributed by atoms with Gasteiger partial charge < -0.3 is 29.1 Å². The molecule has 428 valence electrons. The van der Waals surface area contributed by atoms with E-state index in [1.165, 1.54) is 12.8 Å². The van der Waals surface area contributed by atoms with E-state index in [1.54, 1.807) is 61.3 Å². The summed E-state index contributed by atoms with van der Waals surface area (Å²) in [7, 11) is 1.80. The average molecular weight is 1240 g/mol. The second-order valence-corrected chi connectivity index (χ2v) is 22.9. The number of alkyl halides is 1. The summed E-state index contributed by atoms with van der Waals surface area (Å²) >= 11 is 2.15. The van der Waals surface area contributed by atoms with Crippen LogP contribution in [0, 0.1) is 63.6 Å². The van der Waals surface area contributed by atoms with E-state index in [-0.39, 0.29) is 48.8 Å². The van der Waals surface area contributed by atoms with Crippen molar-refractivity contribution in [1.82, 2.24) is 34.8 Å². The monoisotopic (exact) mass is 1240 g/mol. The Morgan fingerprint density at radius 1 is 0.550 bits per heavy atom. The van der Waals surface area contributed by atoms with E-state index < -0.39 is 11.2 Å². The lowest BCUT2D eigenvalue weighted by Crippen LogP contribution is -2.52. The van der Waals surface area contributed by atoms with Crippen molar-refractivity contribution in [3.63, 3.8) is 0 Å². The molecule has 3 saturated heterocycles. The summed E-state index contributed by atoms with van der Waals surface area (Å²) in [5, 5.41) is 27.9. The zero-order chi connectivity index (χ0) is 56.9. The predicted molar refractivity (Wildman–Crippen MR) is 331 cm³/mol. The van der Waals surface area contributed by atoms with E-state index in [0.29, 0.717) is 69.5 Å². The minimum absolute atomic E-state index is 0. The first-order valence-corrected chi connectivity index (χ1v) is 29.1. The number of amides is 1. The molecule has 1 amide bonds. The molecule has 3 aliphatic heterocycles. The number of hydrogen-bond donors (Lipinski definition) is 0. The molecule has 0 saturated carbocycles. The molecule has 0 spiro atoms. The Morgan fingerprint density at radius 3 is 1.25 bits per heavy atom. The first kappa shape index (κ1) is 66.1. The van der Waals surface area contributed by atoms with E-state index >= 15 is 0 Å². The van der Waals surface area contributed by atoms with Gasteiger partial charge in [-0.2, -0.15) is 15.8 Å². The van der Waals surface area contributed by atoms with Crippen LogP contribution in [0.4, 0.5) is 21.9 Å². The number of carbonyl (C=O) groups excluding carboxylic acids is 2. The number of anilines is 3. The quantitative estimate of drug-likeness (QED) is 0.0825. The molecular weight excluding hydrogens is 1160 g/mol. The Kier molecular flexibility index (Phi) is 24.7. The van der Waals surface area contributed by atoms with Crippen LogP contribution >= 0.6 is 47.4 Å². The largest absolute Gasteiger partial charge is 0.460 e. The van der Waals surface area contributed by atoms with E-state index in [0.717, 1.165) is 79.6 Å². The molecule has 3 aromatic heterocycles. The van der Waals surface area contributed by atoms with Crippen molar-refractivity contribution in [2.75, 3.05) is 65.9 Å². The molecule has 3 aliphatic rings. The minimum atomic E-state index is -0.524. The average Bonchev–Trinajstić information content (AvgIpc) is 3.55. The summed E-state index contributed by atoms with van der Waals surface area (Å²) in [4.78, 5) is 61.9. The fraction of sp³-hybridized carbons (Fsp3) is 0.517. The lowest BCUT2D eigenvalue weighted by molar-refractivity contribution is -0.156. The van der Waals surface area contributed by atoms with Crippen LogP contribution < -0.4 is 14.7 Å². The number of esters is 1. The first-order valence-electron chi connectivity index (χ1n) is 26.9. The minimum Gasteiger partial charge on any atom is -0.460 e. The van der Waals surface area contributed by atoms with Gasteiger partial charge in [0.15, 0.2) is 0 Å². The van der Waals surface area contributed by atoms with Crippen LogP contribution in [0.2, 0.25) is 0 Å². The van der Waals surface area contributed by atoms with Gasteiger partial charge in [-0.3, -0.25) is 34.7 Å². The van der Waals surface area contributed by atoms with Crippen LogP contribution in [0.1, 0.15) is 118 Å². The Balaban J connectivity index is 0.000000253. The second-order valence-electron chi connectivity index (χ2n) is 22.9. The molecule has 0 radical (unpaired) electrons. The number of halogens is 3. The second kappa shape index (κ2) is 29.9. The van der Waals surface area contributed by atoms with Gasteiger partial charge in [-0.05, 0) is 132 Å². The fourth-order valence-electron chi connectivity index (χ4n) is 10.9. The molecule has 0 aliphatic carbocycles. The van der Waals surface area contributed by atoms with Gasteiger partial charge in [0.2, 0.25) is 0 Å². The van der Waals surface area contributed by atoms with Crippen molar-refractivity contribution in [3.8, 4) is 18.2 Å². The van der Waals surface area contributed by atoms with Crippen molar-refractivity contribution in [3.05, 3.63) is 90.3 Å². The molecule has 3 aromatic carbocycles. The number of rotatable bonds is 7. The third-order valence-electron chi connectivity index (χ3n) is 14.0. The van der Waals surface area contributed by atoms with E-state index in [4.69, 9.17) is 9.47 Å². The molecule has 0 N–H and O–H groups in total. The zero-order valence-corrected chi connectivity index (χ0v) is 52.1. The Morgan fingerprint density at radius 2 is 0.887 bits per heavy atom. The molecule has 6 aromatic rings. The summed E-state index contributed by atoms with van der Waals surface area (Å²) in [6.45, 7) is 25.5. The number of piperidine rings is 3. The van der Waals surface area contributed by atoms with Crippen molar-refractivity contribution >= 4 is 110 Å². The molecule has 17 nitrogen and oxygen atoms in total. The number of fused-ring (bicyclic) bond motifs is 3. The summed E-state index contributed by atoms with van der Waals surface area (Å²) in [5.41, 5.74) is 7.92. The highest BCUT2D eigenvalue weighted by Crippen LogP contribution is 2.36. The molecule has 80 heavy (non-hydrogen) atoms. The Labute approximate surface area is 498 Å². The molecule has 3 fully saturated rings. The smallest absolute Gasteiger partial charge is 0.410 e. The number of ether oxygens (including phenoxy) is 2. The standard InChI is InChI=1S/C21H27N5O2.C21H26N4O2.C17H20N4.CH3I.2ClH/c1-14-10-16(25(5)20(27)28-21(2,3)4)13-26(12-14)17-7-6-15(11-22)18-19(17)24-9-8-23-18;1-14-9-15(10-18(26)27-21(2,3)4)13-25(12-14)17-6-5-16(11-22)19-20(17)24-8-7-23-19;1-3-13-8-12(2)10-21(11-13)15-5-4-14(9-18)16-17(15)20-7-6-19-16;1-2;;/h6-9,14,16H,10,12-13H2,1-5H3;5-8,14-15H,9-10,12-13H2,1-4H3;4-7,12-13H,3,8,10-11H2,1-2H3;1H3;2*1H/t14-,16+;14-,15-;12-,13+;;;/m000.../s1. The third-order valence-corrected chi connectivity index (χ3v) is 14.0. The molecule has 20 heteroatoms. The van der Waals surface area contributed by atoms with Gasteiger partial charge in [0.05, 0.1) is 46.2 Å². The molecule has 0 bridgehead atoms. The van der Waals surface area contributed by atoms with E-state index in [1.807, 2.05) is 70.7 Å². The summed E-state index contributed by atoms with van der Waals surface area (Å²) in [6.07, 6.45) is 14.4. The van der Waals surface area contributed by atoms with Gasteiger partial charge in [-0.15, -0.1) is 24.8 Å². The molecule has 6 atom stereocenters. The summed E-state index contributed by atoms with van der Waals surface area (Å²) in [6, 6.07) is 18.0. The highest BCUT2D eigenvalue weighted by molar-refractivity contribution is 14.1. The van der Waals surface area contributed by atoms with Crippen LogP contribution in [0.25, 0.3) is 33.1 Å². The Bertz CT molecular complexity index is 3170. The first-order chi connectivity index (χ1) is 37.2. The number of nitrogens with zero attached hydrogens (tertiary/aromatic N) is 13. The van der Waals surface area contributed by atoms with Crippen molar-refractivity contribution in [2.45, 2.75) is 119 Å². The fourth-order valence-corrected chi connectivity index (χ4v) is 10.9. The zero-order valence-electron chi connectivity index (χ0n) is 48.3. The van der Waals surface area contributed by atoms with E-state index in [9.17, 15) is 25.4 Å². The number of hydrogen-bond acceptors (Lipinski definition) is 16. The lowest BCUT2D eigenvalue weighted by atomic mass is 9.87. The molecule has 9 rings (SSSR count).